The van der Waals surface area contributed by atoms with Crippen molar-refractivity contribution in [3.8, 4) is 0 Å². The second kappa shape index (κ2) is 5.34. The molecule has 0 aliphatic rings. The minimum Gasteiger partial charge on any atom is -0.383 e. The van der Waals surface area contributed by atoms with E-state index in [0.29, 0.717) is 11.5 Å². The van der Waals surface area contributed by atoms with Crippen LogP contribution in [0.2, 0.25) is 0 Å². The first-order valence-electron chi connectivity index (χ1n) is 5.57. The van der Waals surface area contributed by atoms with Gasteiger partial charge >= 0.3 is 0 Å². The van der Waals surface area contributed by atoms with Crippen molar-refractivity contribution in [2.24, 2.45) is 0 Å². The van der Waals surface area contributed by atoms with E-state index in [0.717, 1.165) is 12.3 Å². The van der Waals surface area contributed by atoms with E-state index >= 15 is 0 Å². The molecule has 0 saturated carbocycles. The summed E-state index contributed by atoms with van der Waals surface area (Å²) in [7, 11) is 0. The molecule has 1 amide bonds. The highest BCUT2D eigenvalue weighted by atomic mass is 16.6. The molecule has 2 heterocycles. The van der Waals surface area contributed by atoms with Crippen molar-refractivity contribution in [3.05, 3.63) is 45.5 Å². The molecule has 20 heavy (non-hydrogen) atoms. The Morgan fingerprint density at radius 2 is 2.30 bits per heavy atom. The SMILES string of the molecule is Cc1cc(CNC(=O)c2cc([N+](=O)[O-])cnc2N)no1. The Morgan fingerprint density at radius 3 is 2.90 bits per heavy atom. The first-order valence-corrected chi connectivity index (χ1v) is 5.57. The predicted molar refractivity (Wildman–Crippen MR) is 67.7 cm³/mol. The molecule has 2 aromatic rings. The van der Waals surface area contributed by atoms with Gasteiger partial charge in [-0.05, 0) is 6.92 Å². The van der Waals surface area contributed by atoms with Gasteiger partial charge in [-0.2, -0.15) is 0 Å². The van der Waals surface area contributed by atoms with Gasteiger partial charge in [0, 0.05) is 12.1 Å². The van der Waals surface area contributed by atoms with Gasteiger partial charge in [-0.3, -0.25) is 14.9 Å². The third-order valence-electron chi connectivity index (χ3n) is 2.47. The summed E-state index contributed by atoms with van der Waals surface area (Å²) in [5, 5.41) is 16.9. The summed E-state index contributed by atoms with van der Waals surface area (Å²) in [6.07, 6.45) is 0.993. The quantitative estimate of drug-likeness (QED) is 0.622. The molecule has 0 fully saturated rings. The van der Waals surface area contributed by atoms with E-state index < -0.39 is 10.8 Å². The van der Waals surface area contributed by atoms with E-state index in [4.69, 9.17) is 10.3 Å². The number of carbonyl (C=O) groups is 1. The molecule has 0 radical (unpaired) electrons. The van der Waals surface area contributed by atoms with Gasteiger partial charge in [-0.25, -0.2) is 4.98 Å². The van der Waals surface area contributed by atoms with Crippen molar-refractivity contribution < 1.29 is 14.2 Å². The Hall–Kier alpha value is -2.97. The van der Waals surface area contributed by atoms with Crippen LogP contribution in [0.15, 0.2) is 22.9 Å². The molecule has 104 valence electrons. The zero-order chi connectivity index (χ0) is 14.7. The van der Waals surface area contributed by atoms with Gasteiger partial charge in [-0.15, -0.1) is 0 Å². The molecule has 0 aromatic carbocycles. The van der Waals surface area contributed by atoms with Gasteiger partial charge in [-0.1, -0.05) is 5.16 Å². The highest BCUT2D eigenvalue weighted by Crippen LogP contribution is 2.16. The molecular weight excluding hydrogens is 266 g/mol. The zero-order valence-electron chi connectivity index (χ0n) is 10.5. The van der Waals surface area contributed by atoms with E-state index in [1.807, 2.05) is 0 Å². The molecule has 0 aliphatic carbocycles. The summed E-state index contributed by atoms with van der Waals surface area (Å²) < 4.78 is 4.85. The lowest BCUT2D eigenvalue weighted by Crippen LogP contribution is -2.24. The fraction of sp³-hybridized carbons (Fsp3) is 0.182. The fourth-order valence-corrected chi connectivity index (χ4v) is 1.51. The second-order valence-corrected chi connectivity index (χ2v) is 4.00. The molecule has 9 nitrogen and oxygen atoms in total. The Kier molecular flexibility index (Phi) is 3.60. The highest BCUT2D eigenvalue weighted by molar-refractivity contribution is 5.98. The largest absolute Gasteiger partial charge is 0.383 e. The second-order valence-electron chi connectivity index (χ2n) is 4.00. The number of nitrogens with two attached hydrogens (primary N) is 1. The number of pyridine rings is 1. The van der Waals surface area contributed by atoms with Crippen LogP contribution in [0.25, 0.3) is 0 Å². The lowest BCUT2D eigenvalue weighted by molar-refractivity contribution is -0.385. The normalized spacial score (nSPS) is 10.2. The molecule has 0 aliphatic heterocycles. The first kappa shape index (κ1) is 13.5. The Labute approximate surface area is 112 Å². The van der Waals surface area contributed by atoms with Gasteiger partial charge in [0.15, 0.2) is 0 Å². The van der Waals surface area contributed by atoms with E-state index in [1.165, 1.54) is 0 Å². The van der Waals surface area contributed by atoms with Crippen LogP contribution in [-0.2, 0) is 6.54 Å². The van der Waals surface area contributed by atoms with E-state index in [9.17, 15) is 14.9 Å². The molecule has 0 bridgehead atoms. The van der Waals surface area contributed by atoms with E-state index in [1.54, 1.807) is 13.0 Å². The number of hydrogen-bond acceptors (Lipinski definition) is 7. The number of aromatic nitrogens is 2. The smallest absolute Gasteiger partial charge is 0.288 e. The lowest BCUT2D eigenvalue weighted by atomic mass is 10.2. The molecule has 2 aromatic heterocycles. The number of nitro groups is 1. The van der Waals surface area contributed by atoms with Crippen LogP contribution in [-0.4, -0.2) is 21.0 Å². The molecule has 0 saturated heterocycles. The Morgan fingerprint density at radius 1 is 1.55 bits per heavy atom. The number of nitrogens with one attached hydrogen (secondary N) is 1. The molecule has 0 atom stereocenters. The van der Waals surface area contributed by atoms with Crippen LogP contribution >= 0.6 is 0 Å². The summed E-state index contributed by atoms with van der Waals surface area (Å²) in [5.41, 5.74) is 5.71. The van der Waals surface area contributed by atoms with Gasteiger partial charge in [0.1, 0.15) is 23.5 Å². The van der Waals surface area contributed by atoms with E-state index in [2.05, 4.69) is 15.5 Å². The molecule has 0 spiro atoms. The number of hydrogen-bond donors (Lipinski definition) is 2. The number of anilines is 1. The van der Waals surface area contributed by atoms with Crippen LogP contribution in [0.5, 0.6) is 0 Å². The maximum Gasteiger partial charge on any atom is 0.288 e. The van der Waals surface area contributed by atoms with Crippen molar-refractivity contribution in [2.45, 2.75) is 13.5 Å². The summed E-state index contributed by atoms with van der Waals surface area (Å²) in [6, 6.07) is 2.74. The van der Waals surface area contributed by atoms with Crippen LogP contribution < -0.4 is 11.1 Å². The van der Waals surface area contributed by atoms with Crippen molar-refractivity contribution in [3.63, 3.8) is 0 Å². The van der Waals surface area contributed by atoms with Gasteiger partial charge in [0.2, 0.25) is 0 Å². The summed E-state index contributed by atoms with van der Waals surface area (Å²) in [5.74, 6) is -0.0328. The van der Waals surface area contributed by atoms with Crippen molar-refractivity contribution in [2.75, 3.05) is 5.73 Å². The summed E-state index contributed by atoms with van der Waals surface area (Å²) >= 11 is 0. The Bertz CT molecular complexity index is 667. The maximum atomic E-state index is 11.9. The summed E-state index contributed by atoms with van der Waals surface area (Å²) in [6.45, 7) is 1.85. The predicted octanol–water partition coefficient (Wildman–Crippen LogP) is 0.798. The monoisotopic (exact) mass is 277 g/mol. The first-order chi connectivity index (χ1) is 9.47. The zero-order valence-corrected chi connectivity index (χ0v) is 10.5. The number of carbonyl (C=O) groups excluding carboxylic acids is 1. The van der Waals surface area contributed by atoms with Crippen molar-refractivity contribution in [1.82, 2.24) is 15.5 Å². The Balaban J connectivity index is 2.12. The molecule has 9 heteroatoms. The molecule has 2 rings (SSSR count). The number of rotatable bonds is 4. The van der Waals surface area contributed by atoms with Crippen LogP contribution in [0.1, 0.15) is 21.8 Å². The standard InChI is InChI=1S/C11H11N5O4/c1-6-2-7(15-20-6)4-14-11(17)9-3-8(16(18)19)5-13-10(9)12/h2-3,5H,4H2,1H3,(H2,12,13)(H,14,17). The molecular formula is C11H11N5O4. The summed E-state index contributed by atoms with van der Waals surface area (Å²) in [4.78, 5) is 25.5. The highest BCUT2D eigenvalue weighted by Gasteiger charge is 2.16. The van der Waals surface area contributed by atoms with Gasteiger partial charge < -0.3 is 15.6 Å². The van der Waals surface area contributed by atoms with Crippen LogP contribution in [0.3, 0.4) is 0 Å². The molecule has 3 N–H and O–H groups in total. The van der Waals surface area contributed by atoms with Crippen molar-refractivity contribution in [1.29, 1.82) is 0 Å². The number of nitrogens with zero attached hydrogens (tertiary/aromatic N) is 3. The number of amides is 1. The third-order valence-corrected chi connectivity index (χ3v) is 2.47. The van der Waals surface area contributed by atoms with Crippen LogP contribution in [0.4, 0.5) is 11.5 Å². The minimum absolute atomic E-state index is 0.0561. The lowest BCUT2D eigenvalue weighted by Gasteiger charge is -2.05. The maximum absolute atomic E-state index is 11.9. The fourth-order valence-electron chi connectivity index (χ4n) is 1.51. The third kappa shape index (κ3) is 2.88. The van der Waals surface area contributed by atoms with Gasteiger partial charge in [0.05, 0.1) is 17.0 Å². The van der Waals surface area contributed by atoms with Crippen molar-refractivity contribution >= 4 is 17.4 Å². The van der Waals surface area contributed by atoms with E-state index in [-0.39, 0.29) is 23.6 Å². The van der Waals surface area contributed by atoms with Crippen LogP contribution in [0, 0.1) is 17.0 Å². The molecule has 0 unspecified atom stereocenters. The topological polar surface area (TPSA) is 137 Å². The average Bonchev–Trinajstić information content (AvgIpc) is 2.82. The van der Waals surface area contributed by atoms with Gasteiger partial charge in [0.25, 0.3) is 11.6 Å². The average molecular weight is 277 g/mol. The number of nitrogen functional groups attached to an aromatic ring is 1. The number of aryl methyl sites for hydroxylation is 1. The minimum atomic E-state index is -0.649.